The highest BCUT2D eigenvalue weighted by molar-refractivity contribution is 5.61. The van der Waals surface area contributed by atoms with Crippen molar-refractivity contribution in [2.24, 2.45) is 0 Å². The fourth-order valence-electron chi connectivity index (χ4n) is 2.15. The summed E-state index contributed by atoms with van der Waals surface area (Å²) in [6.45, 7) is 2.64. The van der Waals surface area contributed by atoms with Crippen LogP contribution in [0.1, 0.15) is 18.4 Å². The molecular weight excluding hydrogens is 256 g/mol. The first kappa shape index (κ1) is 14.0. The average Bonchev–Trinajstić information content (AvgIpc) is 2.48. The molecule has 0 saturated heterocycles. The lowest BCUT2D eigenvalue weighted by atomic mass is 10.1. The molecule has 0 unspecified atom stereocenters. The monoisotopic (exact) mass is 272 g/mol. The molecule has 20 heavy (non-hydrogen) atoms. The van der Waals surface area contributed by atoms with Gasteiger partial charge in [-0.2, -0.15) is 5.26 Å². The van der Waals surface area contributed by atoms with Gasteiger partial charge in [0.1, 0.15) is 6.07 Å². The van der Waals surface area contributed by atoms with Crippen molar-refractivity contribution in [3.63, 3.8) is 0 Å². The van der Waals surface area contributed by atoms with Crippen molar-refractivity contribution in [2.75, 3.05) is 25.0 Å². The number of nitrogens with one attached hydrogen (secondary N) is 2. The largest absolute Gasteiger partial charge is 0.384 e. The number of hydrogen-bond acceptors (Lipinski definition) is 5. The van der Waals surface area contributed by atoms with Crippen LogP contribution in [0.2, 0.25) is 0 Å². The van der Waals surface area contributed by atoms with Crippen molar-refractivity contribution < 1.29 is 4.92 Å². The molecule has 1 aliphatic heterocycles. The Labute approximate surface area is 117 Å². The van der Waals surface area contributed by atoms with E-state index in [1.165, 1.54) is 17.7 Å². The van der Waals surface area contributed by atoms with E-state index in [9.17, 15) is 10.1 Å². The third-order valence-corrected chi connectivity index (χ3v) is 3.25. The second-order valence-corrected chi connectivity index (χ2v) is 4.59. The summed E-state index contributed by atoms with van der Waals surface area (Å²) >= 11 is 0. The predicted octanol–water partition coefficient (Wildman–Crippen LogP) is 2.19. The van der Waals surface area contributed by atoms with Crippen molar-refractivity contribution in [3.05, 3.63) is 45.5 Å². The van der Waals surface area contributed by atoms with Crippen LogP contribution in [0.15, 0.2) is 29.8 Å². The van der Waals surface area contributed by atoms with Crippen LogP contribution in [0.25, 0.3) is 0 Å². The topological polar surface area (TPSA) is 91.0 Å². The third-order valence-electron chi connectivity index (χ3n) is 3.25. The molecule has 0 bridgehead atoms. The molecule has 2 rings (SSSR count). The van der Waals surface area contributed by atoms with Gasteiger partial charge in [-0.1, -0.05) is 11.6 Å². The lowest BCUT2D eigenvalue weighted by Gasteiger charge is -2.14. The minimum Gasteiger partial charge on any atom is -0.384 e. The third kappa shape index (κ3) is 3.56. The minimum atomic E-state index is -0.496. The summed E-state index contributed by atoms with van der Waals surface area (Å²) in [5.41, 5.74) is 2.29. The first-order valence-corrected chi connectivity index (χ1v) is 6.52. The first-order valence-electron chi connectivity index (χ1n) is 6.52. The van der Waals surface area contributed by atoms with Gasteiger partial charge in [0.25, 0.3) is 5.69 Å². The molecule has 1 aromatic rings. The summed E-state index contributed by atoms with van der Waals surface area (Å²) in [7, 11) is 0. The van der Waals surface area contributed by atoms with Crippen LogP contribution in [-0.2, 0) is 0 Å². The average molecular weight is 272 g/mol. The zero-order valence-electron chi connectivity index (χ0n) is 11.1. The lowest BCUT2D eigenvalue weighted by Crippen LogP contribution is -2.21. The van der Waals surface area contributed by atoms with E-state index >= 15 is 0 Å². The molecule has 0 aromatic heterocycles. The van der Waals surface area contributed by atoms with E-state index < -0.39 is 4.92 Å². The van der Waals surface area contributed by atoms with Gasteiger partial charge in [-0.15, -0.1) is 0 Å². The van der Waals surface area contributed by atoms with Crippen LogP contribution in [0.3, 0.4) is 0 Å². The van der Waals surface area contributed by atoms with Gasteiger partial charge in [0.15, 0.2) is 0 Å². The van der Waals surface area contributed by atoms with Crippen molar-refractivity contribution in [1.29, 1.82) is 5.26 Å². The molecule has 1 heterocycles. The second kappa shape index (κ2) is 6.68. The maximum Gasteiger partial charge on any atom is 0.270 e. The lowest BCUT2D eigenvalue weighted by molar-refractivity contribution is -0.384. The standard InChI is InChI=1S/C14H16N4O2/c15-10-12-9-13(18(19)20)1-2-14(12)17-8-5-11-3-6-16-7-4-11/h1-3,9,16-17H,4-8H2. The Hall–Kier alpha value is -2.39. The molecule has 0 fully saturated rings. The Kier molecular flexibility index (Phi) is 4.69. The van der Waals surface area contributed by atoms with E-state index in [1.807, 2.05) is 6.07 Å². The van der Waals surface area contributed by atoms with Crippen LogP contribution in [0.4, 0.5) is 11.4 Å². The molecule has 104 valence electrons. The van der Waals surface area contributed by atoms with Gasteiger partial charge in [0.2, 0.25) is 0 Å². The van der Waals surface area contributed by atoms with Gasteiger partial charge in [-0.05, 0) is 25.5 Å². The smallest absolute Gasteiger partial charge is 0.270 e. The zero-order chi connectivity index (χ0) is 14.4. The van der Waals surface area contributed by atoms with Crippen LogP contribution < -0.4 is 10.6 Å². The molecule has 2 N–H and O–H groups in total. The van der Waals surface area contributed by atoms with Crippen LogP contribution in [0, 0.1) is 21.4 Å². The van der Waals surface area contributed by atoms with Crippen LogP contribution in [-0.4, -0.2) is 24.6 Å². The summed E-state index contributed by atoms with van der Waals surface area (Å²) in [4.78, 5) is 10.2. The number of nitro groups is 1. The predicted molar refractivity (Wildman–Crippen MR) is 76.5 cm³/mol. The van der Waals surface area contributed by atoms with E-state index in [-0.39, 0.29) is 5.69 Å². The van der Waals surface area contributed by atoms with Gasteiger partial charge >= 0.3 is 0 Å². The number of nitrogens with zero attached hydrogens (tertiary/aromatic N) is 2. The Bertz CT molecular complexity index is 575. The van der Waals surface area contributed by atoms with Gasteiger partial charge in [0.05, 0.1) is 16.2 Å². The summed E-state index contributed by atoms with van der Waals surface area (Å²) in [5, 5.41) is 26.1. The molecule has 0 aliphatic carbocycles. The Morgan fingerprint density at radius 1 is 1.50 bits per heavy atom. The highest BCUT2D eigenvalue weighted by atomic mass is 16.6. The van der Waals surface area contributed by atoms with Gasteiger partial charge in [-0.25, -0.2) is 0 Å². The Morgan fingerprint density at radius 2 is 2.35 bits per heavy atom. The fourth-order valence-corrected chi connectivity index (χ4v) is 2.15. The fraction of sp³-hybridized carbons (Fsp3) is 0.357. The number of anilines is 1. The van der Waals surface area contributed by atoms with E-state index in [2.05, 4.69) is 16.7 Å². The summed E-state index contributed by atoms with van der Waals surface area (Å²) < 4.78 is 0. The Morgan fingerprint density at radius 3 is 3.00 bits per heavy atom. The van der Waals surface area contributed by atoms with Crippen LogP contribution in [0.5, 0.6) is 0 Å². The van der Waals surface area contributed by atoms with Gasteiger partial charge in [0, 0.05) is 25.2 Å². The number of nitro benzene ring substituents is 1. The second-order valence-electron chi connectivity index (χ2n) is 4.59. The molecule has 0 saturated carbocycles. The zero-order valence-corrected chi connectivity index (χ0v) is 11.1. The molecule has 0 radical (unpaired) electrons. The van der Waals surface area contributed by atoms with Crippen molar-refractivity contribution >= 4 is 11.4 Å². The van der Waals surface area contributed by atoms with E-state index in [1.54, 1.807) is 6.07 Å². The maximum absolute atomic E-state index is 10.7. The highest BCUT2D eigenvalue weighted by Gasteiger charge is 2.10. The van der Waals surface area contributed by atoms with Crippen molar-refractivity contribution in [3.8, 4) is 6.07 Å². The molecule has 0 spiro atoms. The Balaban J connectivity index is 1.97. The van der Waals surface area contributed by atoms with Gasteiger partial charge < -0.3 is 10.6 Å². The number of benzene rings is 1. The van der Waals surface area contributed by atoms with Gasteiger partial charge in [-0.3, -0.25) is 10.1 Å². The quantitative estimate of drug-likeness (QED) is 0.487. The summed E-state index contributed by atoms with van der Waals surface area (Å²) in [6, 6.07) is 6.29. The summed E-state index contributed by atoms with van der Waals surface area (Å²) in [6.07, 6.45) is 4.16. The SMILES string of the molecule is N#Cc1cc([N+](=O)[O-])ccc1NCCC1=CCNCC1. The molecule has 1 aromatic carbocycles. The normalized spacial score (nSPS) is 14.2. The van der Waals surface area contributed by atoms with Crippen molar-refractivity contribution in [2.45, 2.75) is 12.8 Å². The maximum atomic E-state index is 10.7. The molecule has 0 atom stereocenters. The number of rotatable bonds is 5. The number of hydrogen-bond donors (Lipinski definition) is 2. The highest BCUT2D eigenvalue weighted by Crippen LogP contribution is 2.21. The van der Waals surface area contributed by atoms with E-state index in [0.29, 0.717) is 11.3 Å². The van der Waals surface area contributed by atoms with Crippen molar-refractivity contribution in [1.82, 2.24) is 5.32 Å². The van der Waals surface area contributed by atoms with Crippen LogP contribution >= 0.6 is 0 Å². The van der Waals surface area contributed by atoms with E-state index in [4.69, 9.17) is 5.26 Å². The molecule has 0 amide bonds. The number of nitriles is 1. The molecule has 6 heteroatoms. The minimum absolute atomic E-state index is 0.0619. The van der Waals surface area contributed by atoms with E-state index in [0.717, 1.165) is 32.5 Å². The number of non-ortho nitro benzene ring substituents is 1. The molecule has 6 nitrogen and oxygen atoms in total. The summed E-state index contributed by atoms with van der Waals surface area (Å²) in [5.74, 6) is 0. The first-order chi connectivity index (χ1) is 9.70. The molecular formula is C14H16N4O2. The molecule has 1 aliphatic rings.